The molecular weight excluding hydrogens is 472 g/mol. The van der Waals surface area contributed by atoms with E-state index in [0.717, 1.165) is 26.1 Å². The molecule has 2 atom stereocenters. The van der Waals surface area contributed by atoms with E-state index in [4.69, 9.17) is 4.55 Å². The third kappa shape index (κ3) is 13.0. The molecule has 3 aromatic carbocycles. The first kappa shape index (κ1) is 29.7. The van der Waals surface area contributed by atoms with Crippen molar-refractivity contribution >= 4 is 10.1 Å². The molecule has 0 aliphatic heterocycles. The summed E-state index contributed by atoms with van der Waals surface area (Å²) in [5, 5.41) is 14.8. The predicted molar refractivity (Wildman–Crippen MR) is 147 cm³/mol. The molecule has 0 aliphatic carbocycles. The third-order valence-corrected chi connectivity index (χ3v) is 5.56. The Labute approximate surface area is 216 Å². The fourth-order valence-corrected chi connectivity index (χ4v) is 3.95. The summed E-state index contributed by atoms with van der Waals surface area (Å²) in [6.07, 6.45) is 1.06. The van der Waals surface area contributed by atoms with E-state index in [0.29, 0.717) is 18.7 Å². The van der Waals surface area contributed by atoms with Crippen LogP contribution in [0.1, 0.15) is 30.5 Å². The zero-order valence-corrected chi connectivity index (χ0v) is 22.3. The van der Waals surface area contributed by atoms with Crippen molar-refractivity contribution < 1.29 is 18.1 Å². The molecule has 6 nitrogen and oxygen atoms in total. The number of hydrogen-bond donors (Lipinski definition) is 3. The number of aliphatic hydroxyl groups is 1. The van der Waals surface area contributed by atoms with Crippen LogP contribution in [-0.2, 0) is 29.6 Å². The number of nitrogens with zero attached hydrogens (tertiary/aromatic N) is 1. The Balaban J connectivity index is 0.000000830. The van der Waals surface area contributed by atoms with E-state index in [1.807, 2.05) is 6.07 Å². The lowest BCUT2D eigenvalue weighted by atomic mass is 9.97. The van der Waals surface area contributed by atoms with Gasteiger partial charge in [-0.25, -0.2) is 0 Å². The predicted octanol–water partition coefficient (Wildman–Crippen LogP) is 4.41. The molecule has 3 N–H and O–H groups in total. The van der Waals surface area contributed by atoms with E-state index in [1.165, 1.54) is 16.7 Å². The molecule has 7 heteroatoms. The highest BCUT2D eigenvalue weighted by Crippen LogP contribution is 2.19. The minimum atomic E-state index is -3.67. The van der Waals surface area contributed by atoms with Crippen molar-refractivity contribution in [3.8, 4) is 0 Å². The highest BCUT2D eigenvalue weighted by Gasteiger charge is 2.27. The van der Waals surface area contributed by atoms with Gasteiger partial charge in [-0.1, -0.05) is 105 Å². The maximum atomic E-state index is 11.3. The van der Waals surface area contributed by atoms with E-state index in [-0.39, 0.29) is 6.04 Å². The van der Waals surface area contributed by atoms with Crippen LogP contribution in [0.3, 0.4) is 0 Å². The summed E-state index contributed by atoms with van der Waals surface area (Å²) in [6, 6.07) is 31.6. The second-order valence-corrected chi connectivity index (χ2v) is 11.0. The number of aliphatic hydroxyl groups excluding tert-OH is 1. The minimum Gasteiger partial charge on any atom is -0.390 e. The Morgan fingerprint density at radius 3 is 1.53 bits per heavy atom. The summed E-state index contributed by atoms with van der Waals surface area (Å²) in [4.78, 5) is 2.43. The standard InChI is InChI=1S/C28H36N2O.CH4O3S/c1-23(2)19-29-20-28(31)27(18-24-12-6-3-7-13-24)30(21-25-14-8-4-9-15-25)22-26-16-10-5-11-17-26;1-5(2,3)4/h3-17,23,27-29,31H,18-22H2,1-2H3;1H3,(H,2,3,4)/t27-,28+;/m0./s1. The van der Waals surface area contributed by atoms with Crippen LogP contribution in [0.4, 0.5) is 0 Å². The van der Waals surface area contributed by atoms with Crippen LogP contribution in [0.2, 0.25) is 0 Å². The molecule has 0 saturated heterocycles. The summed E-state index contributed by atoms with van der Waals surface area (Å²) in [5.74, 6) is 0.560. The maximum absolute atomic E-state index is 11.3. The molecule has 0 radical (unpaired) electrons. The molecule has 0 bridgehead atoms. The van der Waals surface area contributed by atoms with Gasteiger partial charge in [0.2, 0.25) is 0 Å². The van der Waals surface area contributed by atoms with Gasteiger partial charge in [0.25, 0.3) is 10.1 Å². The number of benzene rings is 3. The van der Waals surface area contributed by atoms with E-state index in [2.05, 4.69) is 109 Å². The molecule has 3 aromatic rings. The normalized spacial score (nSPS) is 13.2. The Kier molecular flexibility index (Phi) is 12.8. The molecule has 0 saturated carbocycles. The summed E-state index contributed by atoms with van der Waals surface area (Å²) < 4.78 is 25.9. The quantitative estimate of drug-likeness (QED) is 0.312. The molecule has 0 amide bonds. The molecule has 0 aromatic heterocycles. The van der Waals surface area contributed by atoms with Crippen LogP contribution in [-0.4, -0.2) is 54.5 Å². The van der Waals surface area contributed by atoms with Crippen molar-refractivity contribution in [2.45, 2.75) is 45.5 Å². The Hall–Kier alpha value is -2.55. The summed E-state index contributed by atoms with van der Waals surface area (Å²) in [5.41, 5.74) is 3.78. The van der Waals surface area contributed by atoms with E-state index in [9.17, 15) is 13.5 Å². The average Bonchev–Trinajstić information content (AvgIpc) is 2.83. The zero-order chi connectivity index (χ0) is 26.4. The van der Waals surface area contributed by atoms with Gasteiger partial charge in [-0.05, 0) is 35.6 Å². The Morgan fingerprint density at radius 2 is 1.14 bits per heavy atom. The van der Waals surface area contributed by atoms with Gasteiger partial charge in [0.05, 0.1) is 12.4 Å². The zero-order valence-electron chi connectivity index (χ0n) is 21.5. The fraction of sp³-hybridized carbons (Fsp3) is 0.379. The molecule has 0 aliphatic rings. The molecule has 196 valence electrons. The maximum Gasteiger partial charge on any atom is 0.261 e. The average molecular weight is 513 g/mol. The van der Waals surface area contributed by atoms with Crippen molar-refractivity contribution in [3.05, 3.63) is 108 Å². The molecular formula is C29H40N2O4S. The van der Waals surface area contributed by atoms with Gasteiger partial charge in [0.15, 0.2) is 0 Å². The van der Waals surface area contributed by atoms with E-state index in [1.54, 1.807) is 0 Å². The SMILES string of the molecule is CC(C)CNC[C@@H](O)[C@H](Cc1ccccc1)N(Cc1ccccc1)Cc1ccccc1.CS(=O)(=O)O. The van der Waals surface area contributed by atoms with Crippen LogP contribution >= 0.6 is 0 Å². The first-order valence-corrected chi connectivity index (χ1v) is 14.1. The lowest BCUT2D eigenvalue weighted by Gasteiger charge is -2.36. The van der Waals surface area contributed by atoms with Gasteiger partial charge in [-0.2, -0.15) is 8.42 Å². The number of nitrogens with one attached hydrogen (secondary N) is 1. The lowest BCUT2D eigenvalue weighted by Crippen LogP contribution is -2.48. The van der Waals surface area contributed by atoms with Gasteiger partial charge in [0.1, 0.15) is 0 Å². The molecule has 3 rings (SSSR count). The van der Waals surface area contributed by atoms with E-state index < -0.39 is 16.2 Å². The van der Waals surface area contributed by atoms with Gasteiger partial charge in [-0.3, -0.25) is 9.45 Å². The van der Waals surface area contributed by atoms with Crippen LogP contribution in [0.25, 0.3) is 0 Å². The van der Waals surface area contributed by atoms with Crippen molar-refractivity contribution in [2.75, 3.05) is 19.3 Å². The molecule has 0 unspecified atom stereocenters. The minimum absolute atomic E-state index is 0.00229. The van der Waals surface area contributed by atoms with Gasteiger partial charge >= 0.3 is 0 Å². The van der Waals surface area contributed by atoms with Crippen molar-refractivity contribution in [2.24, 2.45) is 5.92 Å². The Bertz CT molecular complexity index is 1030. The number of hydrogen-bond acceptors (Lipinski definition) is 5. The van der Waals surface area contributed by atoms with Crippen LogP contribution in [0.15, 0.2) is 91.0 Å². The number of rotatable bonds is 12. The fourth-order valence-electron chi connectivity index (χ4n) is 3.95. The molecule has 36 heavy (non-hydrogen) atoms. The Morgan fingerprint density at radius 1 is 0.750 bits per heavy atom. The highest BCUT2D eigenvalue weighted by molar-refractivity contribution is 7.85. The van der Waals surface area contributed by atoms with E-state index >= 15 is 0 Å². The molecule has 0 fully saturated rings. The molecule has 0 heterocycles. The summed E-state index contributed by atoms with van der Waals surface area (Å²) in [7, 11) is -3.67. The first-order valence-electron chi connectivity index (χ1n) is 12.3. The smallest absolute Gasteiger partial charge is 0.261 e. The van der Waals surface area contributed by atoms with Crippen LogP contribution in [0, 0.1) is 5.92 Å². The van der Waals surface area contributed by atoms with Gasteiger partial charge in [-0.15, -0.1) is 0 Å². The first-order chi connectivity index (χ1) is 17.1. The third-order valence-electron chi connectivity index (χ3n) is 5.56. The lowest BCUT2D eigenvalue weighted by molar-refractivity contribution is 0.0390. The van der Waals surface area contributed by atoms with Crippen molar-refractivity contribution in [3.63, 3.8) is 0 Å². The van der Waals surface area contributed by atoms with Crippen molar-refractivity contribution in [1.29, 1.82) is 0 Å². The van der Waals surface area contributed by atoms with Crippen molar-refractivity contribution in [1.82, 2.24) is 10.2 Å². The van der Waals surface area contributed by atoms with Crippen LogP contribution in [0.5, 0.6) is 0 Å². The topological polar surface area (TPSA) is 89.9 Å². The van der Waals surface area contributed by atoms with Crippen LogP contribution < -0.4 is 5.32 Å². The summed E-state index contributed by atoms with van der Waals surface area (Å²) >= 11 is 0. The second kappa shape index (κ2) is 15.5. The summed E-state index contributed by atoms with van der Waals surface area (Å²) in [6.45, 7) is 7.49. The molecule has 0 spiro atoms. The largest absolute Gasteiger partial charge is 0.390 e. The van der Waals surface area contributed by atoms with Gasteiger partial charge < -0.3 is 10.4 Å². The van der Waals surface area contributed by atoms with Gasteiger partial charge in [0, 0.05) is 25.7 Å². The monoisotopic (exact) mass is 512 g/mol. The highest BCUT2D eigenvalue weighted by atomic mass is 32.2. The second-order valence-electron chi connectivity index (χ2n) is 9.49.